The molecule has 0 radical (unpaired) electrons. The first-order chi connectivity index (χ1) is 12.7. The summed E-state index contributed by atoms with van der Waals surface area (Å²) in [6, 6.07) is 13.0. The third-order valence-electron chi connectivity index (χ3n) is 4.80. The molecule has 0 saturated carbocycles. The molecule has 2 aromatic heterocycles. The molecule has 2 unspecified atom stereocenters. The van der Waals surface area contributed by atoms with Crippen molar-refractivity contribution >= 4 is 11.7 Å². The van der Waals surface area contributed by atoms with E-state index in [-0.39, 0.29) is 0 Å². The van der Waals surface area contributed by atoms with Crippen molar-refractivity contribution in [1.29, 1.82) is 0 Å². The number of carbonyl (C=O) groups is 1. The van der Waals surface area contributed by atoms with Crippen LogP contribution in [0.5, 0.6) is 0 Å². The number of nitrogens with one attached hydrogen (secondary N) is 1. The van der Waals surface area contributed by atoms with Gasteiger partial charge in [-0.3, -0.25) is 10.2 Å². The maximum Gasteiger partial charge on any atom is 0.408 e. The van der Waals surface area contributed by atoms with E-state index in [0.29, 0.717) is 24.4 Å². The van der Waals surface area contributed by atoms with Crippen LogP contribution in [0.15, 0.2) is 54.9 Å². The van der Waals surface area contributed by atoms with E-state index in [0.717, 1.165) is 5.56 Å². The monoisotopic (exact) mass is 353 g/mol. The minimum Gasteiger partial charge on any atom is -0.465 e. The molecule has 0 aliphatic carbocycles. The molecule has 3 aromatic rings. The van der Waals surface area contributed by atoms with Gasteiger partial charge in [-0.2, -0.15) is 5.10 Å². The molecule has 8 heteroatoms. The highest BCUT2D eigenvalue weighted by Gasteiger charge is 2.53. The lowest BCUT2D eigenvalue weighted by molar-refractivity contribution is -0.0704. The molecule has 3 heterocycles. The molecular formula is C18H19N5O3. The second-order valence-corrected chi connectivity index (χ2v) is 6.08. The normalized spacial score (nSPS) is 23.3. The fraction of sp³-hybridized carbons (Fsp3) is 0.278. The SMILES string of the molecule is COC1NCCN(C(=O)O)C1(c1ccccc1)c1ccn2nccc2n1. The summed E-state index contributed by atoms with van der Waals surface area (Å²) in [5, 5.41) is 17.4. The summed E-state index contributed by atoms with van der Waals surface area (Å²) in [7, 11) is 1.57. The van der Waals surface area contributed by atoms with E-state index in [9.17, 15) is 9.90 Å². The van der Waals surface area contributed by atoms with Gasteiger partial charge in [0.15, 0.2) is 11.2 Å². The third-order valence-corrected chi connectivity index (χ3v) is 4.80. The Kier molecular flexibility index (Phi) is 4.06. The standard InChI is InChI=1S/C18H19N5O3/c1-26-16-18(13-5-3-2-4-6-13,22(17(24)25)12-10-19-16)14-8-11-23-15(21-14)7-9-20-23/h2-9,11,16,19H,10,12H2,1H3,(H,24,25). The van der Waals surface area contributed by atoms with Crippen molar-refractivity contribution in [2.24, 2.45) is 0 Å². The van der Waals surface area contributed by atoms with Crippen molar-refractivity contribution in [3.05, 3.63) is 66.1 Å². The fourth-order valence-electron chi connectivity index (χ4n) is 3.72. The van der Waals surface area contributed by atoms with Gasteiger partial charge in [-0.1, -0.05) is 30.3 Å². The first-order valence-electron chi connectivity index (χ1n) is 8.31. The van der Waals surface area contributed by atoms with Crippen LogP contribution in [0.2, 0.25) is 0 Å². The summed E-state index contributed by atoms with van der Waals surface area (Å²) >= 11 is 0. The number of nitrogens with zero attached hydrogens (tertiary/aromatic N) is 4. The van der Waals surface area contributed by atoms with E-state index >= 15 is 0 Å². The molecule has 1 aliphatic heterocycles. The first-order valence-corrected chi connectivity index (χ1v) is 8.31. The molecule has 1 amide bonds. The summed E-state index contributed by atoms with van der Waals surface area (Å²) < 4.78 is 7.36. The molecule has 1 aromatic carbocycles. The highest BCUT2D eigenvalue weighted by atomic mass is 16.5. The predicted molar refractivity (Wildman–Crippen MR) is 93.7 cm³/mol. The van der Waals surface area contributed by atoms with Crippen LogP contribution in [0.4, 0.5) is 4.79 Å². The molecular weight excluding hydrogens is 334 g/mol. The van der Waals surface area contributed by atoms with Gasteiger partial charge >= 0.3 is 6.09 Å². The molecule has 0 spiro atoms. The number of aromatic nitrogens is 3. The van der Waals surface area contributed by atoms with Crippen molar-refractivity contribution in [3.63, 3.8) is 0 Å². The molecule has 1 aliphatic rings. The van der Waals surface area contributed by atoms with Gasteiger partial charge < -0.3 is 9.84 Å². The van der Waals surface area contributed by atoms with Gasteiger partial charge in [-0.15, -0.1) is 0 Å². The molecule has 4 rings (SSSR count). The Balaban J connectivity index is 2.03. The van der Waals surface area contributed by atoms with Crippen LogP contribution in [0, 0.1) is 0 Å². The van der Waals surface area contributed by atoms with Crippen LogP contribution >= 0.6 is 0 Å². The Morgan fingerprint density at radius 3 is 2.85 bits per heavy atom. The van der Waals surface area contributed by atoms with E-state index in [4.69, 9.17) is 9.72 Å². The van der Waals surface area contributed by atoms with Gasteiger partial charge in [0.25, 0.3) is 0 Å². The second kappa shape index (κ2) is 6.40. The van der Waals surface area contributed by atoms with Crippen molar-refractivity contribution in [1.82, 2.24) is 24.8 Å². The minimum absolute atomic E-state index is 0.316. The molecule has 1 saturated heterocycles. The quantitative estimate of drug-likeness (QED) is 0.742. The second-order valence-electron chi connectivity index (χ2n) is 6.08. The van der Waals surface area contributed by atoms with E-state index in [1.807, 2.05) is 30.3 Å². The number of hydrogen-bond donors (Lipinski definition) is 2. The number of benzene rings is 1. The number of hydrogen-bond acceptors (Lipinski definition) is 5. The Bertz CT molecular complexity index is 929. The highest BCUT2D eigenvalue weighted by molar-refractivity contribution is 5.68. The minimum atomic E-state index is -1.12. The summed E-state index contributed by atoms with van der Waals surface area (Å²) in [6.45, 7) is 0.810. The van der Waals surface area contributed by atoms with E-state index in [1.54, 1.807) is 36.2 Å². The molecule has 26 heavy (non-hydrogen) atoms. The maximum atomic E-state index is 12.2. The third kappa shape index (κ3) is 2.34. The fourth-order valence-corrected chi connectivity index (χ4v) is 3.72. The highest BCUT2D eigenvalue weighted by Crippen LogP contribution is 2.40. The van der Waals surface area contributed by atoms with Gasteiger partial charge in [0.1, 0.15) is 6.23 Å². The first kappa shape index (κ1) is 16.5. The number of piperazine rings is 1. The zero-order valence-electron chi connectivity index (χ0n) is 14.2. The lowest BCUT2D eigenvalue weighted by Gasteiger charge is -2.50. The largest absolute Gasteiger partial charge is 0.465 e. The Labute approximate surface area is 150 Å². The Morgan fingerprint density at radius 2 is 2.12 bits per heavy atom. The number of amides is 1. The summed E-state index contributed by atoms with van der Waals surface area (Å²) in [4.78, 5) is 18.3. The van der Waals surface area contributed by atoms with Crippen LogP contribution in [0.3, 0.4) is 0 Å². The van der Waals surface area contributed by atoms with Crippen molar-refractivity contribution in [2.75, 3.05) is 20.2 Å². The van der Waals surface area contributed by atoms with E-state index in [1.165, 1.54) is 4.90 Å². The van der Waals surface area contributed by atoms with Crippen LogP contribution in [-0.4, -0.2) is 57.1 Å². The van der Waals surface area contributed by atoms with E-state index in [2.05, 4.69) is 10.4 Å². The lowest BCUT2D eigenvalue weighted by atomic mass is 9.81. The Hall–Kier alpha value is -2.97. The van der Waals surface area contributed by atoms with Crippen molar-refractivity contribution in [2.45, 2.75) is 11.8 Å². The molecule has 1 fully saturated rings. The van der Waals surface area contributed by atoms with Gasteiger partial charge in [-0.25, -0.2) is 14.3 Å². The molecule has 0 bridgehead atoms. The van der Waals surface area contributed by atoms with Crippen LogP contribution in [-0.2, 0) is 10.3 Å². The topological polar surface area (TPSA) is 92.0 Å². The maximum absolute atomic E-state index is 12.2. The molecule has 8 nitrogen and oxygen atoms in total. The molecule has 2 N–H and O–H groups in total. The van der Waals surface area contributed by atoms with Crippen molar-refractivity contribution < 1.29 is 14.6 Å². The Morgan fingerprint density at radius 1 is 1.31 bits per heavy atom. The van der Waals surface area contributed by atoms with Gasteiger partial charge in [0.2, 0.25) is 0 Å². The van der Waals surface area contributed by atoms with Crippen LogP contribution < -0.4 is 5.32 Å². The van der Waals surface area contributed by atoms with Crippen molar-refractivity contribution in [3.8, 4) is 0 Å². The summed E-state index contributed by atoms with van der Waals surface area (Å²) in [5.41, 5.74) is 0.895. The van der Waals surface area contributed by atoms with Gasteiger partial charge in [0, 0.05) is 32.5 Å². The number of methoxy groups -OCH3 is 1. The van der Waals surface area contributed by atoms with Crippen LogP contribution in [0.1, 0.15) is 11.3 Å². The number of carboxylic acid groups (broad SMARTS) is 1. The van der Waals surface area contributed by atoms with Gasteiger partial charge in [-0.05, 0) is 11.6 Å². The van der Waals surface area contributed by atoms with E-state index < -0.39 is 17.9 Å². The smallest absolute Gasteiger partial charge is 0.408 e. The number of ether oxygens (including phenoxy) is 1. The average molecular weight is 353 g/mol. The number of rotatable bonds is 3. The van der Waals surface area contributed by atoms with Gasteiger partial charge in [0.05, 0.1) is 11.9 Å². The predicted octanol–water partition coefficient (Wildman–Crippen LogP) is 1.53. The zero-order chi connectivity index (χ0) is 18.1. The number of fused-ring (bicyclic) bond motifs is 1. The lowest BCUT2D eigenvalue weighted by Crippen LogP contribution is -2.67. The summed E-state index contributed by atoms with van der Waals surface area (Å²) in [5.74, 6) is 0. The molecule has 2 atom stereocenters. The van der Waals surface area contributed by atoms with Crippen LogP contribution in [0.25, 0.3) is 5.65 Å². The summed E-state index contributed by atoms with van der Waals surface area (Å²) in [6.07, 6.45) is 1.83. The average Bonchev–Trinajstić information content (AvgIpc) is 3.15. The zero-order valence-corrected chi connectivity index (χ0v) is 14.2. The molecule has 134 valence electrons.